The summed E-state index contributed by atoms with van der Waals surface area (Å²) in [4.78, 5) is 25.0. The van der Waals surface area contributed by atoms with Crippen LogP contribution in [-0.2, 0) is 15.1 Å². The lowest BCUT2D eigenvalue weighted by Crippen LogP contribution is -2.48. The number of hydrogen-bond acceptors (Lipinski definition) is 4. The fourth-order valence-electron chi connectivity index (χ4n) is 1.76. The van der Waals surface area contributed by atoms with Crippen molar-refractivity contribution in [2.75, 3.05) is 7.05 Å². The summed E-state index contributed by atoms with van der Waals surface area (Å²) in [6.07, 6.45) is 0.0763. The molecule has 0 aliphatic carbocycles. The van der Waals surface area contributed by atoms with Crippen LogP contribution in [0.5, 0.6) is 0 Å². The van der Waals surface area contributed by atoms with Gasteiger partial charge in [-0.05, 0) is 45.4 Å². The molecule has 1 aromatic carbocycles. The molecule has 1 rings (SSSR count). The summed E-state index contributed by atoms with van der Waals surface area (Å²) in [5.41, 5.74) is -0.859. The molecule has 1 unspecified atom stereocenters. The number of carbonyl (C=O) groups is 2. The molecule has 1 atom stereocenters. The molecular weight excluding hydrogens is 268 g/mol. The normalized spacial score (nSPS) is 13.7. The van der Waals surface area contributed by atoms with Gasteiger partial charge in [0.15, 0.2) is 0 Å². The van der Waals surface area contributed by atoms with E-state index in [1.54, 1.807) is 52.0 Å². The van der Waals surface area contributed by atoms with Gasteiger partial charge in [0.1, 0.15) is 17.4 Å². The van der Waals surface area contributed by atoms with E-state index in [-0.39, 0.29) is 0 Å². The Morgan fingerprint density at radius 3 is 2.43 bits per heavy atom. The first-order valence-electron chi connectivity index (χ1n) is 6.58. The Kier molecular flexibility index (Phi) is 4.74. The Labute approximate surface area is 125 Å². The van der Waals surface area contributed by atoms with Gasteiger partial charge in [0, 0.05) is 7.05 Å². The van der Waals surface area contributed by atoms with Crippen LogP contribution in [0.2, 0.25) is 0 Å². The quantitative estimate of drug-likeness (QED) is 0.802. The summed E-state index contributed by atoms with van der Waals surface area (Å²) in [6.45, 7) is 6.88. The molecule has 21 heavy (non-hydrogen) atoms. The van der Waals surface area contributed by atoms with Gasteiger partial charge in [-0.3, -0.25) is 4.90 Å². The zero-order valence-electron chi connectivity index (χ0n) is 13.0. The van der Waals surface area contributed by atoms with Gasteiger partial charge >= 0.3 is 6.09 Å². The van der Waals surface area contributed by atoms with Crippen molar-refractivity contribution in [2.24, 2.45) is 0 Å². The molecule has 0 aromatic heterocycles. The van der Waals surface area contributed by atoms with E-state index in [0.29, 0.717) is 17.4 Å². The van der Waals surface area contributed by atoms with E-state index < -0.39 is 17.2 Å². The van der Waals surface area contributed by atoms with Crippen molar-refractivity contribution in [3.8, 4) is 6.07 Å². The van der Waals surface area contributed by atoms with Gasteiger partial charge < -0.3 is 9.53 Å². The highest BCUT2D eigenvalue weighted by atomic mass is 16.6. The van der Waals surface area contributed by atoms with Gasteiger partial charge in [-0.25, -0.2) is 4.79 Å². The third-order valence-electron chi connectivity index (χ3n) is 3.17. The lowest BCUT2D eigenvalue weighted by atomic mass is 9.91. The number of hydrogen-bond donors (Lipinski definition) is 0. The van der Waals surface area contributed by atoms with E-state index in [4.69, 9.17) is 10.00 Å². The number of nitrogens with zero attached hydrogens (tertiary/aromatic N) is 2. The lowest BCUT2D eigenvalue weighted by Gasteiger charge is -2.35. The first kappa shape index (κ1) is 16.7. The molecule has 0 heterocycles. The van der Waals surface area contributed by atoms with Crippen LogP contribution in [0.1, 0.15) is 38.8 Å². The van der Waals surface area contributed by atoms with Gasteiger partial charge in [-0.1, -0.05) is 12.1 Å². The second-order valence-corrected chi connectivity index (χ2v) is 6.00. The summed E-state index contributed by atoms with van der Waals surface area (Å²) in [7, 11) is 1.50. The average Bonchev–Trinajstić information content (AvgIpc) is 2.43. The molecule has 112 valence electrons. The number of ether oxygens (including phenoxy) is 1. The zero-order chi connectivity index (χ0) is 16.3. The largest absolute Gasteiger partial charge is 0.444 e. The third kappa shape index (κ3) is 3.82. The number of likely N-dealkylation sites (N-methyl/N-ethyl adjacent to an activating group) is 1. The summed E-state index contributed by atoms with van der Waals surface area (Å²) in [5.74, 6) is 0. The first-order valence-corrected chi connectivity index (χ1v) is 6.58. The second kappa shape index (κ2) is 5.96. The van der Waals surface area contributed by atoms with Crippen molar-refractivity contribution in [1.29, 1.82) is 5.26 Å². The smallest absolute Gasteiger partial charge is 0.411 e. The van der Waals surface area contributed by atoms with Crippen molar-refractivity contribution in [2.45, 2.75) is 38.8 Å². The molecule has 1 aromatic rings. The summed E-state index contributed by atoms with van der Waals surface area (Å²) in [6, 6.07) is 8.64. The van der Waals surface area contributed by atoms with Crippen LogP contribution in [0, 0.1) is 11.3 Å². The van der Waals surface area contributed by atoms with Crippen molar-refractivity contribution in [1.82, 2.24) is 4.90 Å². The Balaban J connectivity index is 3.17. The van der Waals surface area contributed by atoms with Crippen LogP contribution in [0.3, 0.4) is 0 Å². The highest BCUT2D eigenvalue weighted by molar-refractivity contribution is 5.78. The Bertz CT molecular complexity index is 584. The standard InChI is InChI=1S/C16H20N2O3/c1-15(2,3)21-14(20)18(5)16(4,11-19)13-8-6-7-12(9-13)10-17/h6-9,11H,1-5H3. The minimum absolute atomic E-state index is 0.429. The Morgan fingerprint density at radius 1 is 1.33 bits per heavy atom. The van der Waals surface area contributed by atoms with E-state index in [1.165, 1.54) is 11.9 Å². The zero-order valence-corrected chi connectivity index (χ0v) is 13.0. The molecule has 0 bridgehead atoms. The molecular formula is C16H20N2O3. The highest BCUT2D eigenvalue weighted by Crippen LogP contribution is 2.27. The van der Waals surface area contributed by atoms with E-state index in [0.717, 1.165) is 0 Å². The molecule has 1 amide bonds. The van der Waals surface area contributed by atoms with Crippen molar-refractivity contribution in [3.05, 3.63) is 35.4 Å². The predicted molar refractivity (Wildman–Crippen MR) is 78.6 cm³/mol. The van der Waals surface area contributed by atoms with Crippen LogP contribution < -0.4 is 0 Å². The SMILES string of the molecule is CN(C(=O)OC(C)(C)C)C(C)(C=O)c1cccc(C#N)c1. The maximum absolute atomic E-state index is 12.2. The topological polar surface area (TPSA) is 70.4 Å². The van der Waals surface area contributed by atoms with Gasteiger partial charge in [-0.15, -0.1) is 0 Å². The number of amides is 1. The van der Waals surface area contributed by atoms with Crippen molar-refractivity contribution < 1.29 is 14.3 Å². The molecule has 5 nitrogen and oxygen atoms in total. The van der Waals surface area contributed by atoms with E-state index in [9.17, 15) is 9.59 Å². The van der Waals surface area contributed by atoms with Gasteiger partial charge in [0.05, 0.1) is 11.6 Å². The summed E-state index contributed by atoms with van der Waals surface area (Å²) >= 11 is 0. The maximum atomic E-state index is 12.2. The minimum Gasteiger partial charge on any atom is -0.444 e. The number of rotatable bonds is 3. The molecule has 0 saturated heterocycles. The molecule has 0 spiro atoms. The monoisotopic (exact) mass is 288 g/mol. The summed E-state index contributed by atoms with van der Waals surface area (Å²) in [5, 5.41) is 8.96. The predicted octanol–water partition coefficient (Wildman–Crippen LogP) is 2.84. The highest BCUT2D eigenvalue weighted by Gasteiger charge is 2.36. The van der Waals surface area contributed by atoms with Crippen LogP contribution in [0.4, 0.5) is 4.79 Å². The second-order valence-electron chi connectivity index (χ2n) is 6.00. The fourth-order valence-corrected chi connectivity index (χ4v) is 1.76. The van der Waals surface area contributed by atoms with Gasteiger partial charge in [-0.2, -0.15) is 5.26 Å². The molecule has 0 N–H and O–H groups in total. The summed E-state index contributed by atoms with van der Waals surface area (Å²) < 4.78 is 5.29. The van der Waals surface area contributed by atoms with Crippen LogP contribution in [0.15, 0.2) is 24.3 Å². The number of carbonyl (C=O) groups excluding carboxylic acids is 2. The van der Waals surface area contributed by atoms with Crippen molar-refractivity contribution >= 4 is 12.4 Å². The fraction of sp³-hybridized carbons (Fsp3) is 0.438. The Morgan fingerprint density at radius 2 is 1.95 bits per heavy atom. The number of benzene rings is 1. The molecule has 0 fully saturated rings. The van der Waals surface area contributed by atoms with Crippen molar-refractivity contribution in [3.63, 3.8) is 0 Å². The van der Waals surface area contributed by atoms with Gasteiger partial charge in [0.25, 0.3) is 0 Å². The Hall–Kier alpha value is -2.35. The van der Waals surface area contributed by atoms with E-state index in [1.807, 2.05) is 6.07 Å². The number of aldehydes is 1. The van der Waals surface area contributed by atoms with Gasteiger partial charge in [0.2, 0.25) is 0 Å². The molecule has 0 saturated carbocycles. The van der Waals surface area contributed by atoms with Crippen LogP contribution in [0.25, 0.3) is 0 Å². The molecule has 0 aliphatic rings. The van der Waals surface area contributed by atoms with Crippen LogP contribution in [-0.4, -0.2) is 29.9 Å². The van der Waals surface area contributed by atoms with E-state index in [2.05, 4.69) is 0 Å². The van der Waals surface area contributed by atoms with Crippen LogP contribution >= 0.6 is 0 Å². The number of nitriles is 1. The lowest BCUT2D eigenvalue weighted by molar-refractivity contribution is -0.117. The van der Waals surface area contributed by atoms with E-state index >= 15 is 0 Å². The molecule has 5 heteroatoms. The molecule has 0 aliphatic heterocycles. The average molecular weight is 288 g/mol. The maximum Gasteiger partial charge on any atom is 0.411 e. The third-order valence-corrected chi connectivity index (χ3v) is 3.17. The minimum atomic E-state index is -1.20. The molecule has 0 radical (unpaired) electrons. The first-order chi connectivity index (χ1) is 9.64.